The van der Waals surface area contributed by atoms with Crippen molar-refractivity contribution in [3.05, 3.63) is 18.0 Å². The van der Waals surface area contributed by atoms with Gasteiger partial charge in [0.05, 0.1) is 6.20 Å². The van der Waals surface area contributed by atoms with E-state index in [-0.39, 0.29) is 0 Å². The Morgan fingerprint density at radius 1 is 1.57 bits per heavy atom. The zero-order chi connectivity index (χ0) is 10.6. The lowest BCUT2D eigenvalue weighted by molar-refractivity contribution is 0.515. The number of halogens is 1. The SMILES string of the molecule is CC(Br)CC(C)NCc1cnn(C)c1. The molecule has 0 saturated heterocycles. The Bertz CT molecular complexity index is 270. The summed E-state index contributed by atoms with van der Waals surface area (Å²) in [5.41, 5.74) is 1.24. The first-order chi connectivity index (χ1) is 6.58. The summed E-state index contributed by atoms with van der Waals surface area (Å²) in [5, 5.41) is 7.58. The van der Waals surface area contributed by atoms with Gasteiger partial charge in [0.15, 0.2) is 0 Å². The second kappa shape index (κ2) is 5.51. The molecule has 0 spiro atoms. The highest BCUT2D eigenvalue weighted by Crippen LogP contribution is 2.07. The molecule has 0 amide bonds. The Hall–Kier alpha value is -0.350. The van der Waals surface area contributed by atoms with Gasteiger partial charge < -0.3 is 5.32 Å². The van der Waals surface area contributed by atoms with Gasteiger partial charge in [0.25, 0.3) is 0 Å². The van der Waals surface area contributed by atoms with Crippen molar-refractivity contribution in [1.82, 2.24) is 15.1 Å². The monoisotopic (exact) mass is 259 g/mol. The molecule has 1 aromatic heterocycles. The smallest absolute Gasteiger partial charge is 0.0534 e. The standard InChI is InChI=1S/C10H18BrN3/c1-8(11)4-9(2)12-5-10-6-13-14(3)7-10/h6-9,12H,4-5H2,1-3H3. The molecule has 0 fully saturated rings. The summed E-state index contributed by atoms with van der Waals surface area (Å²) in [6.45, 7) is 5.27. The van der Waals surface area contributed by atoms with Crippen molar-refractivity contribution < 1.29 is 0 Å². The summed E-state index contributed by atoms with van der Waals surface area (Å²) in [6, 6.07) is 0.532. The largest absolute Gasteiger partial charge is 0.310 e. The molecular weight excluding hydrogens is 242 g/mol. The predicted octanol–water partition coefficient (Wildman–Crippen LogP) is 2.07. The van der Waals surface area contributed by atoms with Crippen LogP contribution in [0.2, 0.25) is 0 Å². The van der Waals surface area contributed by atoms with Gasteiger partial charge in [0, 0.05) is 36.2 Å². The minimum absolute atomic E-state index is 0.532. The predicted molar refractivity (Wildman–Crippen MR) is 62.5 cm³/mol. The van der Waals surface area contributed by atoms with E-state index >= 15 is 0 Å². The van der Waals surface area contributed by atoms with E-state index in [0.29, 0.717) is 10.9 Å². The molecule has 3 nitrogen and oxygen atoms in total. The molecule has 14 heavy (non-hydrogen) atoms. The molecule has 0 aromatic carbocycles. The fourth-order valence-corrected chi connectivity index (χ4v) is 1.99. The van der Waals surface area contributed by atoms with E-state index in [0.717, 1.165) is 13.0 Å². The molecule has 2 atom stereocenters. The Labute approximate surface area is 94.0 Å². The maximum absolute atomic E-state index is 4.12. The van der Waals surface area contributed by atoms with Crippen molar-refractivity contribution in [2.75, 3.05) is 0 Å². The number of aryl methyl sites for hydroxylation is 1. The third-order valence-corrected chi connectivity index (χ3v) is 2.47. The Balaban J connectivity index is 2.26. The Kier molecular flexibility index (Phi) is 4.62. The molecule has 0 aliphatic carbocycles. The quantitative estimate of drug-likeness (QED) is 0.821. The second-order valence-corrected chi connectivity index (χ2v) is 5.38. The molecule has 80 valence electrons. The average molecular weight is 260 g/mol. The van der Waals surface area contributed by atoms with Gasteiger partial charge in [0.2, 0.25) is 0 Å². The first kappa shape index (κ1) is 11.7. The molecule has 4 heteroatoms. The second-order valence-electron chi connectivity index (χ2n) is 3.82. The highest BCUT2D eigenvalue weighted by atomic mass is 79.9. The lowest BCUT2D eigenvalue weighted by Gasteiger charge is -2.14. The lowest BCUT2D eigenvalue weighted by atomic mass is 10.2. The molecule has 1 aromatic rings. The van der Waals surface area contributed by atoms with Crippen LogP contribution in [0.4, 0.5) is 0 Å². The molecule has 1 rings (SSSR count). The van der Waals surface area contributed by atoms with Crippen molar-refractivity contribution in [2.45, 2.75) is 37.7 Å². The van der Waals surface area contributed by atoms with Gasteiger partial charge in [-0.25, -0.2) is 0 Å². The Morgan fingerprint density at radius 3 is 2.79 bits per heavy atom. The highest BCUT2D eigenvalue weighted by Gasteiger charge is 2.05. The van der Waals surface area contributed by atoms with Crippen molar-refractivity contribution in [3.63, 3.8) is 0 Å². The number of hydrogen-bond donors (Lipinski definition) is 1. The number of rotatable bonds is 5. The topological polar surface area (TPSA) is 29.9 Å². The molecule has 0 aliphatic rings. The van der Waals surface area contributed by atoms with E-state index in [4.69, 9.17) is 0 Å². The number of nitrogens with one attached hydrogen (secondary N) is 1. The fraction of sp³-hybridized carbons (Fsp3) is 0.700. The minimum Gasteiger partial charge on any atom is -0.310 e. The van der Waals surface area contributed by atoms with Crippen molar-refractivity contribution >= 4 is 15.9 Å². The normalized spacial score (nSPS) is 15.4. The van der Waals surface area contributed by atoms with Crippen LogP contribution in [0.1, 0.15) is 25.8 Å². The summed E-state index contributed by atoms with van der Waals surface area (Å²) in [5.74, 6) is 0. The molecule has 2 unspecified atom stereocenters. The third-order valence-electron chi connectivity index (χ3n) is 2.09. The van der Waals surface area contributed by atoms with E-state index in [9.17, 15) is 0 Å². The lowest BCUT2D eigenvalue weighted by Crippen LogP contribution is -2.27. The first-order valence-electron chi connectivity index (χ1n) is 4.93. The molecular formula is C10H18BrN3. The summed E-state index contributed by atoms with van der Waals surface area (Å²) >= 11 is 3.55. The van der Waals surface area contributed by atoms with Gasteiger partial charge in [-0.05, 0) is 13.3 Å². The summed E-state index contributed by atoms with van der Waals surface area (Å²) < 4.78 is 1.83. The number of hydrogen-bond acceptors (Lipinski definition) is 2. The zero-order valence-corrected chi connectivity index (χ0v) is 10.6. The van der Waals surface area contributed by atoms with Gasteiger partial charge in [0.1, 0.15) is 0 Å². The number of nitrogens with zero attached hydrogens (tertiary/aromatic N) is 2. The number of alkyl halides is 1. The first-order valence-corrected chi connectivity index (χ1v) is 5.84. The molecule has 1 N–H and O–H groups in total. The van der Waals surface area contributed by atoms with E-state index in [1.54, 1.807) is 0 Å². The Morgan fingerprint density at radius 2 is 2.29 bits per heavy atom. The zero-order valence-electron chi connectivity index (χ0n) is 9.00. The van der Waals surface area contributed by atoms with Crippen LogP contribution in [-0.4, -0.2) is 20.6 Å². The maximum Gasteiger partial charge on any atom is 0.0534 e. The van der Waals surface area contributed by atoms with Gasteiger partial charge in [-0.2, -0.15) is 5.10 Å². The van der Waals surface area contributed by atoms with E-state index in [1.807, 2.05) is 24.1 Å². The average Bonchev–Trinajstić information content (AvgIpc) is 2.47. The summed E-state index contributed by atoms with van der Waals surface area (Å²) in [4.78, 5) is 0.568. The minimum atomic E-state index is 0.532. The van der Waals surface area contributed by atoms with Gasteiger partial charge in [-0.15, -0.1) is 0 Å². The van der Waals surface area contributed by atoms with Crippen LogP contribution in [0.25, 0.3) is 0 Å². The van der Waals surface area contributed by atoms with Crippen LogP contribution in [-0.2, 0) is 13.6 Å². The van der Waals surface area contributed by atoms with E-state index < -0.39 is 0 Å². The fourth-order valence-electron chi connectivity index (χ4n) is 1.43. The van der Waals surface area contributed by atoms with Gasteiger partial charge in [-0.3, -0.25) is 4.68 Å². The van der Waals surface area contributed by atoms with Gasteiger partial charge >= 0.3 is 0 Å². The summed E-state index contributed by atoms with van der Waals surface area (Å²) in [7, 11) is 1.94. The maximum atomic E-state index is 4.12. The summed E-state index contributed by atoms with van der Waals surface area (Å²) in [6.07, 6.45) is 5.08. The van der Waals surface area contributed by atoms with Crippen LogP contribution < -0.4 is 5.32 Å². The van der Waals surface area contributed by atoms with Crippen molar-refractivity contribution in [2.24, 2.45) is 7.05 Å². The molecule has 0 saturated carbocycles. The van der Waals surface area contributed by atoms with E-state index in [2.05, 4.69) is 40.2 Å². The van der Waals surface area contributed by atoms with Crippen molar-refractivity contribution in [1.29, 1.82) is 0 Å². The molecule has 0 radical (unpaired) electrons. The third kappa shape index (κ3) is 4.24. The van der Waals surface area contributed by atoms with Crippen LogP contribution in [0.15, 0.2) is 12.4 Å². The molecule has 0 aliphatic heterocycles. The number of aromatic nitrogens is 2. The van der Waals surface area contributed by atoms with Crippen LogP contribution in [0, 0.1) is 0 Å². The van der Waals surface area contributed by atoms with Gasteiger partial charge in [-0.1, -0.05) is 22.9 Å². The van der Waals surface area contributed by atoms with E-state index in [1.165, 1.54) is 5.56 Å². The highest BCUT2D eigenvalue weighted by molar-refractivity contribution is 9.09. The molecule has 1 heterocycles. The van der Waals surface area contributed by atoms with Crippen molar-refractivity contribution in [3.8, 4) is 0 Å². The van der Waals surface area contributed by atoms with Crippen LogP contribution in [0.5, 0.6) is 0 Å². The van der Waals surface area contributed by atoms with Crippen LogP contribution >= 0.6 is 15.9 Å². The van der Waals surface area contributed by atoms with Crippen LogP contribution in [0.3, 0.4) is 0 Å². The molecule has 0 bridgehead atoms.